The van der Waals surface area contributed by atoms with Crippen LogP contribution in [0.2, 0.25) is 0 Å². The highest BCUT2D eigenvalue weighted by Crippen LogP contribution is 2.25. The molecule has 1 aromatic heterocycles. The lowest BCUT2D eigenvalue weighted by Gasteiger charge is -2.10. The highest BCUT2D eigenvalue weighted by Gasteiger charge is 2.13. The molecule has 0 aliphatic heterocycles. The van der Waals surface area contributed by atoms with Gasteiger partial charge in [-0.3, -0.25) is 4.79 Å². The van der Waals surface area contributed by atoms with Crippen LogP contribution in [0.25, 0.3) is 10.9 Å². The Bertz CT molecular complexity index is 1270. The van der Waals surface area contributed by atoms with Gasteiger partial charge >= 0.3 is 0 Å². The smallest absolute Gasteiger partial charge is 0.277 e. The molecule has 0 fully saturated rings. The van der Waals surface area contributed by atoms with Gasteiger partial charge in [-0.05, 0) is 48.6 Å². The summed E-state index contributed by atoms with van der Waals surface area (Å²) in [6.45, 7) is 7.13. The van der Waals surface area contributed by atoms with Gasteiger partial charge in [-0.2, -0.15) is 5.10 Å². The number of hydrazone groups is 1. The van der Waals surface area contributed by atoms with Crippen molar-refractivity contribution >= 4 is 23.0 Å². The van der Waals surface area contributed by atoms with Crippen molar-refractivity contribution in [3.63, 3.8) is 0 Å². The van der Waals surface area contributed by atoms with Crippen LogP contribution in [-0.2, 0) is 11.3 Å². The van der Waals surface area contributed by atoms with E-state index in [0.717, 1.165) is 35.1 Å². The summed E-state index contributed by atoms with van der Waals surface area (Å²) in [7, 11) is 0. The SMILES string of the molecule is CC[C@@H](C)c1ccc(OCC(=O)N/N=C\c2c(C)n(Cc3ccccc3)c3ccccc23)cc1. The zero-order chi connectivity index (χ0) is 23.9. The molecule has 0 aliphatic carbocycles. The molecule has 0 spiro atoms. The highest BCUT2D eigenvalue weighted by atomic mass is 16.5. The quantitative estimate of drug-likeness (QED) is 0.248. The minimum absolute atomic E-state index is 0.0885. The molecule has 4 aromatic rings. The monoisotopic (exact) mass is 453 g/mol. The van der Waals surface area contributed by atoms with Crippen LogP contribution in [0.3, 0.4) is 0 Å². The molecule has 5 heteroatoms. The van der Waals surface area contributed by atoms with Crippen LogP contribution in [-0.4, -0.2) is 23.3 Å². The van der Waals surface area contributed by atoms with E-state index in [4.69, 9.17) is 4.74 Å². The third-order valence-corrected chi connectivity index (χ3v) is 6.28. The summed E-state index contributed by atoms with van der Waals surface area (Å²) in [5, 5.41) is 5.32. The molecular formula is C29H31N3O2. The number of aromatic nitrogens is 1. The number of benzene rings is 3. The van der Waals surface area contributed by atoms with Gasteiger partial charge < -0.3 is 9.30 Å². The van der Waals surface area contributed by atoms with Crippen LogP contribution >= 0.6 is 0 Å². The molecule has 0 bridgehead atoms. The summed E-state index contributed by atoms with van der Waals surface area (Å²) in [5.74, 6) is 0.882. The molecular weight excluding hydrogens is 422 g/mol. The fourth-order valence-electron chi connectivity index (χ4n) is 4.07. The molecule has 0 saturated carbocycles. The fraction of sp³-hybridized carbons (Fsp3) is 0.241. The Balaban J connectivity index is 1.41. The van der Waals surface area contributed by atoms with Gasteiger partial charge in [0.05, 0.1) is 6.21 Å². The van der Waals surface area contributed by atoms with Crippen molar-refractivity contribution in [2.75, 3.05) is 6.61 Å². The third-order valence-electron chi connectivity index (χ3n) is 6.28. The minimum Gasteiger partial charge on any atom is -0.484 e. The van der Waals surface area contributed by atoms with Crippen molar-refractivity contribution in [3.8, 4) is 5.75 Å². The first-order chi connectivity index (χ1) is 16.6. The summed E-state index contributed by atoms with van der Waals surface area (Å²) >= 11 is 0. The van der Waals surface area contributed by atoms with Crippen molar-refractivity contribution in [3.05, 3.63) is 101 Å². The van der Waals surface area contributed by atoms with Crippen molar-refractivity contribution in [2.24, 2.45) is 5.10 Å². The topological polar surface area (TPSA) is 55.6 Å². The Kier molecular flexibility index (Phi) is 7.43. The number of rotatable bonds is 9. The van der Waals surface area contributed by atoms with Crippen LogP contribution in [0.15, 0.2) is 84.0 Å². The number of nitrogens with one attached hydrogen (secondary N) is 1. The van der Waals surface area contributed by atoms with E-state index in [1.54, 1.807) is 6.21 Å². The number of fused-ring (bicyclic) bond motifs is 1. The molecule has 174 valence electrons. The van der Waals surface area contributed by atoms with Crippen LogP contribution in [0.1, 0.15) is 48.6 Å². The first-order valence-electron chi connectivity index (χ1n) is 11.7. The number of nitrogens with zero attached hydrogens (tertiary/aromatic N) is 2. The van der Waals surface area contributed by atoms with E-state index in [1.807, 2.05) is 42.5 Å². The predicted molar refractivity (Wildman–Crippen MR) is 139 cm³/mol. The number of para-hydroxylation sites is 1. The number of hydrogen-bond acceptors (Lipinski definition) is 3. The summed E-state index contributed by atoms with van der Waals surface area (Å²) in [6.07, 6.45) is 2.81. The van der Waals surface area contributed by atoms with Gasteiger partial charge in [0.15, 0.2) is 6.61 Å². The summed E-state index contributed by atoms with van der Waals surface area (Å²) < 4.78 is 7.89. The Morgan fingerprint density at radius 1 is 1.03 bits per heavy atom. The van der Waals surface area contributed by atoms with Crippen molar-refractivity contribution in [1.29, 1.82) is 0 Å². The largest absolute Gasteiger partial charge is 0.484 e. The molecule has 1 atom stereocenters. The molecule has 4 rings (SSSR count). The van der Waals surface area contributed by atoms with E-state index in [-0.39, 0.29) is 12.5 Å². The molecule has 5 nitrogen and oxygen atoms in total. The van der Waals surface area contributed by atoms with Crippen LogP contribution in [0, 0.1) is 6.92 Å². The first-order valence-corrected chi connectivity index (χ1v) is 11.7. The van der Waals surface area contributed by atoms with Gasteiger partial charge in [0, 0.05) is 28.7 Å². The number of ether oxygens (including phenoxy) is 1. The van der Waals surface area contributed by atoms with Crippen molar-refractivity contribution in [1.82, 2.24) is 9.99 Å². The Labute approximate surface area is 201 Å². The van der Waals surface area contributed by atoms with Gasteiger partial charge in [-0.1, -0.05) is 74.5 Å². The second-order valence-electron chi connectivity index (χ2n) is 8.55. The van der Waals surface area contributed by atoms with Gasteiger partial charge in [-0.25, -0.2) is 5.43 Å². The first kappa shape index (κ1) is 23.3. The van der Waals surface area contributed by atoms with E-state index < -0.39 is 0 Å². The third kappa shape index (κ3) is 5.37. The molecule has 0 aliphatic rings. The standard InChI is InChI=1S/C29H31N3O2/c1-4-21(2)24-14-16-25(17-15-24)34-20-29(33)31-30-18-27-22(3)32(19-23-10-6-5-7-11-23)28-13-9-8-12-26(27)28/h5-18,21H,4,19-20H2,1-3H3,(H,31,33)/b30-18-/t21-/m1/s1. The molecule has 0 saturated heterocycles. The van der Waals surface area contributed by atoms with E-state index in [0.29, 0.717) is 11.7 Å². The van der Waals surface area contributed by atoms with E-state index in [2.05, 4.69) is 72.3 Å². The maximum Gasteiger partial charge on any atom is 0.277 e. The summed E-state index contributed by atoms with van der Waals surface area (Å²) in [5.41, 5.74) is 8.32. The van der Waals surface area contributed by atoms with Gasteiger partial charge in [-0.15, -0.1) is 0 Å². The fourth-order valence-corrected chi connectivity index (χ4v) is 4.07. The van der Waals surface area contributed by atoms with Gasteiger partial charge in [0.1, 0.15) is 5.75 Å². The lowest BCUT2D eigenvalue weighted by molar-refractivity contribution is -0.123. The van der Waals surface area contributed by atoms with E-state index >= 15 is 0 Å². The maximum absolute atomic E-state index is 12.3. The van der Waals surface area contributed by atoms with E-state index in [1.165, 1.54) is 11.1 Å². The van der Waals surface area contributed by atoms with Crippen molar-refractivity contribution < 1.29 is 9.53 Å². The molecule has 1 N–H and O–H groups in total. The Morgan fingerprint density at radius 2 is 1.74 bits per heavy atom. The highest BCUT2D eigenvalue weighted by molar-refractivity contribution is 6.01. The number of hydrogen-bond donors (Lipinski definition) is 1. The summed E-state index contributed by atoms with van der Waals surface area (Å²) in [6, 6.07) is 26.5. The van der Waals surface area contributed by atoms with Gasteiger partial charge in [0.25, 0.3) is 5.91 Å². The van der Waals surface area contributed by atoms with Crippen LogP contribution in [0.5, 0.6) is 5.75 Å². The minimum atomic E-state index is -0.298. The van der Waals surface area contributed by atoms with Crippen LogP contribution in [0.4, 0.5) is 0 Å². The molecule has 3 aromatic carbocycles. The summed E-state index contributed by atoms with van der Waals surface area (Å²) in [4.78, 5) is 12.3. The normalized spacial score (nSPS) is 12.2. The van der Waals surface area contributed by atoms with Crippen molar-refractivity contribution in [2.45, 2.75) is 39.7 Å². The van der Waals surface area contributed by atoms with E-state index in [9.17, 15) is 4.79 Å². The lowest BCUT2D eigenvalue weighted by Crippen LogP contribution is -2.24. The number of carbonyl (C=O) groups excluding carboxylic acids is 1. The van der Waals surface area contributed by atoms with Gasteiger partial charge in [0.2, 0.25) is 0 Å². The molecule has 1 amide bonds. The van der Waals surface area contributed by atoms with Crippen LogP contribution < -0.4 is 10.2 Å². The average Bonchev–Trinajstić information content (AvgIpc) is 3.14. The Morgan fingerprint density at radius 3 is 2.47 bits per heavy atom. The zero-order valence-electron chi connectivity index (χ0n) is 20.0. The molecule has 0 unspecified atom stereocenters. The second-order valence-corrected chi connectivity index (χ2v) is 8.55. The maximum atomic E-state index is 12.3. The predicted octanol–water partition coefficient (Wildman–Crippen LogP) is 6.04. The molecule has 34 heavy (non-hydrogen) atoms. The molecule has 1 heterocycles. The zero-order valence-corrected chi connectivity index (χ0v) is 20.0. The lowest BCUT2D eigenvalue weighted by atomic mass is 9.99. The second kappa shape index (κ2) is 10.8. The number of amides is 1. The molecule has 0 radical (unpaired) electrons. The Hall–Kier alpha value is -3.86. The average molecular weight is 454 g/mol. The number of carbonyl (C=O) groups is 1.